The van der Waals surface area contributed by atoms with Gasteiger partial charge in [-0.15, -0.1) is 0 Å². The molecule has 124 valence electrons. The Morgan fingerprint density at radius 3 is 2.17 bits per heavy atom. The predicted molar refractivity (Wildman–Crippen MR) is 83.0 cm³/mol. The molecule has 3 aromatic heterocycles. The smallest absolute Gasteiger partial charge is 0.272 e. The van der Waals surface area contributed by atoms with Crippen molar-refractivity contribution in [3.05, 3.63) is 65.8 Å². The van der Waals surface area contributed by atoms with Crippen LogP contribution in [0.15, 0.2) is 51.7 Å². The molecule has 3 aromatic rings. The van der Waals surface area contributed by atoms with Crippen molar-refractivity contribution in [3.63, 3.8) is 0 Å². The molecule has 0 fully saturated rings. The molecule has 0 bridgehead atoms. The van der Waals surface area contributed by atoms with Gasteiger partial charge in [0.1, 0.15) is 17.2 Å². The molecule has 3 rings (SSSR count). The van der Waals surface area contributed by atoms with Gasteiger partial charge in [0.05, 0.1) is 25.6 Å². The van der Waals surface area contributed by atoms with E-state index in [0.29, 0.717) is 11.5 Å². The van der Waals surface area contributed by atoms with Crippen LogP contribution in [0.5, 0.6) is 0 Å². The molecule has 0 radical (unpaired) electrons. The lowest BCUT2D eigenvalue weighted by atomic mass is 10.3. The number of hydrogen-bond acceptors (Lipinski definition) is 5. The quantitative estimate of drug-likeness (QED) is 0.713. The van der Waals surface area contributed by atoms with E-state index >= 15 is 0 Å². The van der Waals surface area contributed by atoms with Crippen LogP contribution in [-0.2, 0) is 20.1 Å². The summed E-state index contributed by atoms with van der Waals surface area (Å²) in [5.41, 5.74) is 0.442. The minimum absolute atomic E-state index is 0.159. The number of furan rings is 2. The fourth-order valence-electron chi connectivity index (χ4n) is 2.13. The van der Waals surface area contributed by atoms with Crippen molar-refractivity contribution >= 4 is 11.8 Å². The zero-order chi connectivity index (χ0) is 16.9. The highest BCUT2D eigenvalue weighted by Crippen LogP contribution is 2.06. The molecule has 0 spiro atoms. The molecule has 8 heteroatoms. The fourth-order valence-corrected chi connectivity index (χ4v) is 2.13. The highest BCUT2D eigenvalue weighted by atomic mass is 16.3. The Morgan fingerprint density at radius 2 is 1.62 bits per heavy atom. The van der Waals surface area contributed by atoms with E-state index in [1.54, 1.807) is 31.3 Å². The highest BCUT2D eigenvalue weighted by molar-refractivity contribution is 5.97. The number of aryl methyl sites for hydroxylation is 1. The number of carbonyl (C=O) groups excluding carboxylic acids is 2. The second kappa shape index (κ2) is 6.86. The molecule has 8 nitrogen and oxygen atoms in total. The fraction of sp³-hybridized carbons (Fsp3) is 0.188. The first-order valence-electron chi connectivity index (χ1n) is 7.28. The Kier molecular flexibility index (Phi) is 4.46. The lowest BCUT2D eigenvalue weighted by Gasteiger charge is -2.02. The van der Waals surface area contributed by atoms with Crippen molar-refractivity contribution in [3.8, 4) is 0 Å². The molecule has 0 aliphatic rings. The molecule has 0 atom stereocenters. The van der Waals surface area contributed by atoms with Gasteiger partial charge in [-0.1, -0.05) is 0 Å². The molecule has 0 aliphatic carbocycles. The third kappa shape index (κ3) is 3.54. The average Bonchev–Trinajstić information content (AvgIpc) is 3.31. The number of carbonyl (C=O) groups is 2. The lowest BCUT2D eigenvalue weighted by Crippen LogP contribution is -2.24. The summed E-state index contributed by atoms with van der Waals surface area (Å²) in [7, 11) is 1.60. The molecule has 0 unspecified atom stereocenters. The van der Waals surface area contributed by atoms with Crippen LogP contribution in [0.3, 0.4) is 0 Å². The van der Waals surface area contributed by atoms with Gasteiger partial charge in [-0.05, 0) is 24.3 Å². The Morgan fingerprint density at radius 1 is 1.04 bits per heavy atom. The Hall–Kier alpha value is -3.29. The first-order chi connectivity index (χ1) is 11.6. The average molecular weight is 328 g/mol. The number of rotatable bonds is 6. The van der Waals surface area contributed by atoms with E-state index in [-0.39, 0.29) is 36.3 Å². The lowest BCUT2D eigenvalue weighted by molar-refractivity contribution is 0.0933. The summed E-state index contributed by atoms with van der Waals surface area (Å²) in [6.07, 6.45) is 3.07. The van der Waals surface area contributed by atoms with E-state index in [9.17, 15) is 9.59 Å². The summed E-state index contributed by atoms with van der Waals surface area (Å²) < 4.78 is 11.7. The predicted octanol–water partition coefficient (Wildman–Crippen LogP) is 1.47. The maximum Gasteiger partial charge on any atom is 0.272 e. The summed E-state index contributed by atoms with van der Waals surface area (Å²) >= 11 is 0. The molecule has 2 N–H and O–H groups in total. The molecule has 0 aliphatic heterocycles. The zero-order valence-corrected chi connectivity index (χ0v) is 13.0. The molecule has 2 amide bonds. The minimum atomic E-state index is -0.382. The maximum absolute atomic E-state index is 12.2. The second-order valence-electron chi connectivity index (χ2n) is 5.06. The molecule has 0 saturated carbocycles. The van der Waals surface area contributed by atoms with Crippen LogP contribution in [0.4, 0.5) is 0 Å². The summed E-state index contributed by atoms with van der Waals surface area (Å²) in [6, 6.07) is 8.44. The van der Waals surface area contributed by atoms with Crippen LogP contribution in [-0.4, -0.2) is 21.6 Å². The van der Waals surface area contributed by atoms with Crippen LogP contribution in [0, 0.1) is 0 Å². The number of hydrogen-bond donors (Lipinski definition) is 2. The van der Waals surface area contributed by atoms with Crippen molar-refractivity contribution in [2.45, 2.75) is 13.1 Å². The van der Waals surface area contributed by atoms with E-state index < -0.39 is 0 Å². The second-order valence-corrected chi connectivity index (χ2v) is 5.06. The van der Waals surface area contributed by atoms with Crippen LogP contribution >= 0.6 is 0 Å². The normalized spacial score (nSPS) is 10.5. The molecular weight excluding hydrogens is 312 g/mol. The Bertz CT molecular complexity index is 819. The van der Waals surface area contributed by atoms with Gasteiger partial charge in [0.15, 0.2) is 5.69 Å². The minimum Gasteiger partial charge on any atom is -0.467 e. The first kappa shape index (κ1) is 15.6. The van der Waals surface area contributed by atoms with Gasteiger partial charge in [-0.2, -0.15) is 5.10 Å². The van der Waals surface area contributed by atoms with Gasteiger partial charge in [-0.3, -0.25) is 14.3 Å². The van der Waals surface area contributed by atoms with Crippen molar-refractivity contribution in [1.29, 1.82) is 0 Å². The van der Waals surface area contributed by atoms with E-state index in [1.807, 2.05) is 0 Å². The SMILES string of the molecule is Cn1nc(C(=O)NCc2ccco2)cc1C(=O)NCc1ccco1. The van der Waals surface area contributed by atoms with Crippen LogP contribution in [0.1, 0.15) is 32.5 Å². The van der Waals surface area contributed by atoms with Crippen LogP contribution in [0.25, 0.3) is 0 Å². The van der Waals surface area contributed by atoms with Gasteiger partial charge in [-0.25, -0.2) is 0 Å². The van der Waals surface area contributed by atoms with Gasteiger partial charge in [0.2, 0.25) is 0 Å². The van der Waals surface area contributed by atoms with Crippen LogP contribution < -0.4 is 10.6 Å². The Balaban J connectivity index is 1.61. The maximum atomic E-state index is 12.2. The van der Waals surface area contributed by atoms with E-state index in [4.69, 9.17) is 8.83 Å². The van der Waals surface area contributed by atoms with E-state index in [0.717, 1.165) is 0 Å². The highest BCUT2D eigenvalue weighted by Gasteiger charge is 2.17. The number of amides is 2. The van der Waals surface area contributed by atoms with Gasteiger partial charge < -0.3 is 19.5 Å². The third-order valence-corrected chi connectivity index (χ3v) is 3.35. The molecule has 0 saturated heterocycles. The topological polar surface area (TPSA) is 102 Å². The standard InChI is InChI=1S/C16H16N4O4/c1-20-14(16(22)18-10-12-5-3-7-24-12)8-13(19-20)15(21)17-9-11-4-2-6-23-11/h2-8H,9-10H2,1H3,(H,17,21)(H,18,22). The largest absolute Gasteiger partial charge is 0.467 e. The summed E-state index contributed by atoms with van der Waals surface area (Å²) in [5.74, 6) is 0.552. The van der Waals surface area contributed by atoms with Gasteiger partial charge in [0, 0.05) is 13.1 Å². The number of nitrogens with one attached hydrogen (secondary N) is 2. The molecule has 3 heterocycles. The van der Waals surface area contributed by atoms with Gasteiger partial charge in [0.25, 0.3) is 11.8 Å². The number of nitrogens with zero attached hydrogens (tertiary/aromatic N) is 2. The van der Waals surface area contributed by atoms with Crippen molar-refractivity contribution in [2.24, 2.45) is 7.05 Å². The van der Waals surface area contributed by atoms with Crippen molar-refractivity contribution in [2.75, 3.05) is 0 Å². The van der Waals surface area contributed by atoms with Crippen LogP contribution in [0.2, 0.25) is 0 Å². The van der Waals surface area contributed by atoms with Gasteiger partial charge >= 0.3 is 0 Å². The molecule has 0 aromatic carbocycles. The summed E-state index contributed by atoms with van der Waals surface area (Å²) in [4.78, 5) is 24.3. The Labute approximate surface area is 137 Å². The van der Waals surface area contributed by atoms with Crippen molar-refractivity contribution < 1.29 is 18.4 Å². The first-order valence-corrected chi connectivity index (χ1v) is 7.28. The molecule has 24 heavy (non-hydrogen) atoms. The summed E-state index contributed by atoms with van der Waals surface area (Å²) in [5, 5.41) is 9.45. The monoisotopic (exact) mass is 328 g/mol. The third-order valence-electron chi connectivity index (χ3n) is 3.35. The van der Waals surface area contributed by atoms with E-state index in [1.165, 1.54) is 23.3 Å². The summed E-state index contributed by atoms with van der Waals surface area (Å²) in [6.45, 7) is 0.513. The van der Waals surface area contributed by atoms with Crippen molar-refractivity contribution in [1.82, 2.24) is 20.4 Å². The zero-order valence-electron chi connectivity index (χ0n) is 13.0. The molecular formula is C16H16N4O4. The number of aromatic nitrogens is 2. The van der Waals surface area contributed by atoms with E-state index in [2.05, 4.69) is 15.7 Å².